The Morgan fingerprint density at radius 2 is 1.47 bits per heavy atom. The third-order valence-corrected chi connectivity index (χ3v) is 5.69. The number of carbonyl (C=O) groups is 3. The number of rotatable bonds is 9. The van der Waals surface area contributed by atoms with E-state index in [4.69, 9.17) is 14.2 Å². The maximum Gasteiger partial charge on any atom is 0.303 e. The van der Waals surface area contributed by atoms with Crippen molar-refractivity contribution in [2.45, 2.75) is 44.8 Å². The summed E-state index contributed by atoms with van der Waals surface area (Å²) in [5, 5.41) is 0. The van der Waals surface area contributed by atoms with Crippen LogP contribution < -0.4 is 0 Å². The van der Waals surface area contributed by atoms with Crippen LogP contribution in [0, 0.1) is 6.92 Å². The molecular weight excluding hydrogens is 432 g/mol. The minimum absolute atomic E-state index is 0.189. The van der Waals surface area contributed by atoms with Crippen LogP contribution in [-0.2, 0) is 39.4 Å². The van der Waals surface area contributed by atoms with E-state index in [-0.39, 0.29) is 11.5 Å². The third-order valence-electron chi connectivity index (χ3n) is 4.21. The topological polar surface area (TPSA) is 96.0 Å². The van der Waals surface area contributed by atoms with Crippen molar-refractivity contribution in [3.8, 4) is 0 Å². The molecule has 0 saturated carbocycles. The van der Waals surface area contributed by atoms with Crippen LogP contribution in [0.4, 0.5) is 0 Å². The second kappa shape index (κ2) is 12.0. The van der Waals surface area contributed by atoms with Gasteiger partial charge in [-0.05, 0) is 30.7 Å². The molecule has 0 saturated heterocycles. The van der Waals surface area contributed by atoms with Crippen molar-refractivity contribution in [2.24, 2.45) is 0 Å². The van der Waals surface area contributed by atoms with E-state index in [2.05, 4.69) is 0 Å². The molecule has 0 aliphatic rings. The Hall–Kier alpha value is -3.26. The first-order valence-electron chi connectivity index (χ1n) is 9.90. The molecule has 32 heavy (non-hydrogen) atoms. The summed E-state index contributed by atoms with van der Waals surface area (Å²) < 4.78 is 29.4. The van der Waals surface area contributed by atoms with Crippen molar-refractivity contribution < 1.29 is 32.8 Å². The molecular formula is C24H26O7S. The minimum atomic E-state index is -1.77. The van der Waals surface area contributed by atoms with Gasteiger partial charge in [-0.2, -0.15) is 0 Å². The van der Waals surface area contributed by atoms with Gasteiger partial charge < -0.3 is 14.2 Å². The number of ether oxygens (including phenoxy) is 3. The molecule has 2 aromatic rings. The van der Waals surface area contributed by atoms with Gasteiger partial charge in [-0.1, -0.05) is 48.0 Å². The van der Waals surface area contributed by atoms with Gasteiger partial charge in [0, 0.05) is 25.7 Å². The van der Waals surface area contributed by atoms with E-state index in [9.17, 15) is 18.6 Å². The largest absolute Gasteiger partial charge is 0.462 e. The summed E-state index contributed by atoms with van der Waals surface area (Å²) in [6.45, 7) is 5.33. The Labute approximate surface area is 189 Å². The normalized spacial score (nSPS) is 14.1. The number of carbonyl (C=O) groups excluding carboxylic acids is 3. The van der Waals surface area contributed by atoms with Crippen LogP contribution in [-0.4, -0.2) is 34.8 Å². The monoisotopic (exact) mass is 458 g/mol. The fourth-order valence-electron chi connectivity index (χ4n) is 2.84. The lowest BCUT2D eigenvalue weighted by atomic mass is 10.1. The summed E-state index contributed by atoms with van der Waals surface area (Å²) >= 11 is 0. The quantitative estimate of drug-likeness (QED) is 0.417. The first-order valence-corrected chi connectivity index (χ1v) is 11.0. The molecule has 0 fully saturated rings. The Morgan fingerprint density at radius 3 is 2.00 bits per heavy atom. The van der Waals surface area contributed by atoms with Crippen LogP contribution in [0.3, 0.4) is 0 Å². The number of hydrogen-bond donors (Lipinski definition) is 0. The van der Waals surface area contributed by atoms with Gasteiger partial charge in [0.05, 0.1) is 15.7 Å². The van der Waals surface area contributed by atoms with Gasteiger partial charge >= 0.3 is 17.9 Å². The molecule has 8 heteroatoms. The lowest BCUT2D eigenvalue weighted by molar-refractivity contribution is -0.153. The van der Waals surface area contributed by atoms with Crippen molar-refractivity contribution in [3.63, 3.8) is 0 Å². The fourth-order valence-corrected chi connectivity index (χ4v) is 4.15. The molecule has 0 aliphatic carbocycles. The Morgan fingerprint density at radius 1 is 0.875 bits per heavy atom. The van der Waals surface area contributed by atoms with Gasteiger partial charge in [0.25, 0.3) is 0 Å². The van der Waals surface area contributed by atoms with E-state index >= 15 is 0 Å². The summed E-state index contributed by atoms with van der Waals surface area (Å²) in [7, 11) is -1.77. The average Bonchev–Trinajstić information content (AvgIpc) is 2.74. The van der Waals surface area contributed by atoms with Crippen LogP contribution in [0.2, 0.25) is 0 Å². The van der Waals surface area contributed by atoms with Gasteiger partial charge in [0.2, 0.25) is 0 Å². The zero-order valence-corrected chi connectivity index (χ0v) is 19.2. The second-order valence-electron chi connectivity index (χ2n) is 7.00. The molecule has 0 aliphatic heterocycles. The SMILES string of the molecule is CC(=O)OCC(/C=C(\[C@H](OC(C)=O)c1ccccc1)[S@@](=O)c1ccc(C)cc1)OC(C)=O. The van der Waals surface area contributed by atoms with Crippen molar-refractivity contribution in [1.82, 2.24) is 0 Å². The molecule has 0 radical (unpaired) electrons. The van der Waals surface area contributed by atoms with Crippen molar-refractivity contribution in [1.29, 1.82) is 0 Å². The summed E-state index contributed by atoms with van der Waals surface area (Å²) in [6, 6.07) is 15.9. The zero-order valence-electron chi connectivity index (χ0n) is 18.4. The predicted molar refractivity (Wildman–Crippen MR) is 119 cm³/mol. The van der Waals surface area contributed by atoms with Crippen LogP contribution in [0.15, 0.2) is 70.5 Å². The van der Waals surface area contributed by atoms with Crippen molar-refractivity contribution in [3.05, 3.63) is 76.7 Å². The lowest BCUT2D eigenvalue weighted by Gasteiger charge is -2.23. The van der Waals surface area contributed by atoms with E-state index in [1.165, 1.54) is 26.8 Å². The Balaban J connectivity index is 2.61. The summed E-state index contributed by atoms with van der Waals surface area (Å²) in [5.74, 6) is -1.74. The smallest absolute Gasteiger partial charge is 0.303 e. The lowest BCUT2D eigenvalue weighted by Crippen LogP contribution is -2.24. The molecule has 0 amide bonds. The average molecular weight is 459 g/mol. The first-order chi connectivity index (χ1) is 15.2. The van der Waals surface area contributed by atoms with Crippen molar-refractivity contribution >= 4 is 28.7 Å². The number of aryl methyl sites for hydroxylation is 1. The maximum atomic E-state index is 13.6. The molecule has 3 atom stereocenters. The molecule has 0 bridgehead atoms. The van der Waals surface area contributed by atoms with Crippen LogP contribution in [0.25, 0.3) is 0 Å². The standard InChI is InChI=1S/C24H26O7S/c1-16-10-12-22(13-11-16)32(28)23(14-21(30-18(3)26)15-29-17(2)25)24(31-19(4)27)20-8-6-5-7-9-20/h5-14,21,24H,15H2,1-4H3/b23-14+/t21?,24-,32+/m1/s1. The number of hydrogen-bond acceptors (Lipinski definition) is 7. The third kappa shape index (κ3) is 7.77. The summed E-state index contributed by atoms with van der Waals surface area (Å²) in [5.41, 5.74) is 1.58. The Bertz CT molecular complexity index is 997. The van der Waals surface area contributed by atoms with Gasteiger partial charge in [0.1, 0.15) is 6.61 Å². The molecule has 170 valence electrons. The van der Waals surface area contributed by atoms with E-state index < -0.39 is 40.9 Å². The van der Waals surface area contributed by atoms with Gasteiger partial charge in [0.15, 0.2) is 12.2 Å². The van der Waals surface area contributed by atoms with E-state index in [0.29, 0.717) is 10.5 Å². The highest BCUT2D eigenvalue weighted by Gasteiger charge is 2.28. The molecule has 0 aromatic heterocycles. The Kier molecular flexibility index (Phi) is 9.34. The molecule has 1 unspecified atom stereocenters. The predicted octanol–water partition coefficient (Wildman–Crippen LogP) is 3.79. The zero-order chi connectivity index (χ0) is 23.7. The molecule has 0 heterocycles. The van der Waals surface area contributed by atoms with E-state index in [1.54, 1.807) is 42.5 Å². The van der Waals surface area contributed by atoms with E-state index in [1.807, 2.05) is 19.1 Å². The van der Waals surface area contributed by atoms with E-state index in [0.717, 1.165) is 5.56 Å². The minimum Gasteiger partial charge on any atom is -0.462 e. The number of benzene rings is 2. The molecule has 2 rings (SSSR count). The fraction of sp³-hybridized carbons (Fsp3) is 0.292. The van der Waals surface area contributed by atoms with Crippen molar-refractivity contribution in [2.75, 3.05) is 6.61 Å². The highest BCUT2D eigenvalue weighted by molar-refractivity contribution is 7.89. The van der Waals surface area contributed by atoms with Crippen LogP contribution in [0.5, 0.6) is 0 Å². The molecule has 0 spiro atoms. The molecule has 2 aromatic carbocycles. The van der Waals surface area contributed by atoms with Gasteiger partial charge in [-0.3, -0.25) is 14.4 Å². The summed E-state index contributed by atoms with van der Waals surface area (Å²) in [6.07, 6.45) is -0.616. The van der Waals surface area contributed by atoms with Gasteiger partial charge in [-0.15, -0.1) is 0 Å². The number of esters is 3. The van der Waals surface area contributed by atoms with Crippen LogP contribution >= 0.6 is 0 Å². The first kappa shape index (κ1) is 25.0. The molecule has 0 N–H and O–H groups in total. The van der Waals surface area contributed by atoms with Gasteiger partial charge in [-0.25, -0.2) is 4.21 Å². The summed E-state index contributed by atoms with van der Waals surface area (Å²) in [4.78, 5) is 35.5. The molecule has 7 nitrogen and oxygen atoms in total. The highest BCUT2D eigenvalue weighted by atomic mass is 32.2. The highest BCUT2D eigenvalue weighted by Crippen LogP contribution is 2.32. The maximum absolute atomic E-state index is 13.6. The van der Waals surface area contributed by atoms with Crippen LogP contribution in [0.1, 0.15) is 38.0 Å². The second-order valence-corrected chi connectivity index (χ2v) is 8.48.